The lowest BCUT2D eigenvalue weighted by Crippen LogP contribution is -2.35. The number of hydrogen-bond acceptors (Lipinski definition) is 0. The van der Waals surface area contributed by atoms with E-state index in [0.717, 1.165) is 19.3 Å². The van der Waals surface area contributed by atoms with E-state index in [-0.39, 0.29) is 5.92 Å². The van der Waals surface area contributed by atoms with E-state index < -0.39 is 18.3 Å². The zero-order valence-electron chi connectivity index (χ0n) is 7.15. The Morgan fingerprint density at radius 3 is 2.15 bits per heavy atom. The molecule has 2 aliphatic carbocycles. The van der Waals surface area contributed by atoms with E-state index in [1.807, 2.05) is 0 Å². The molecule has 2 fully saturated rings. The first-order valence-corrected chi connectivity index (χ1v) is 4.69. The predicted molar refractivity (Wildman–Crippen MR) is 39.9 cm³/mol. The molecule has 2 aliphatic rings. The topological polar surface area (TPSA) is 0 Å². The smallest absolute Gasteiger partial charge is 0.237 e. The van der Waals surface area contributed by atoms with Gasteiger partial charge in [0.25, 0.3) is 0 Å². The third-order valence-corrected chi connectivity index (χ3v) is 3.48. The first-order valence-electron chi connectivity index (χ1n) is 4.69. The number of halogens is 4. The Bertz CT molecular complexity index is 198. The summed E-state index contributed by atoms with van der Waals surface area (Å²) < 4.78 is 49.1. The van der Waals surface area contributed by atoms with Gasteiger partial charge in [0.2, 0.25) is 0 Å². The number of fused-ring (bicyclic) bond motifs is 2. The molecule has 0 aromatic heterocycles. The highest BCUT2D eigenvalue weighted by Crippen LogP contribution is 2.52. The van der Waals surface area contributed by atoms with Gasteiger partial charge >= 0.3 is 6.18 Å². The monoisotopic (exact) mass is 196 g/mol. The summed E-state index contributed by atoms with van der Waals surface area (Å²) in [7, 11) is 0. The minimum atomic E-state index is -4.64. The van der Waals surface area contributed by atoms with Gasteiger partial charge in [0.05, 0.1) is 0 Å². The highest BCUT2D eigenvalue weighted by molar-refractivity contribution is 4.94. The lowest BCUT2D eigenvalue weighted by Gasteiger charge is -2.26. The van der Waals surface area contributed by atoms with Gasteiger partial charge in [-0.2, -0.15) is 13.2 Å². The number of alkyl halides is 4. The standard InChI is InChI=1S/C9H12F4/c10-8(9(11,12)13)7-4-5-1-2-6(7)3-5/h5-8H,1-4H2. The molecule has 0 N–H and O–H groups in total. The molecule has 0 saturated heterocycles. The van der Waals surface area contributed by atoms with Gasteiger partial charge in [0.1, 0.15) is 0 Å². The molecule has 0 amide bonds. The van der Waals surface area contributed by atoms with Crippen LogP contribution >= 0.6 is 0 Å². The average Bonchev–Trinajstić information content (AvgIpc) is 2.60. The fourth-order valence-electron chi connectivity index (χ4n) is 2.90. The van der Waals surface area contributed by atoms with Gasteiger partial charge in [-0.1, -0.05) is 6.42 Å². The van der Waals surface area contributed by atoms with E-state index in [1.54, 1.807) is 0 Å². The number of hydrogen-bond donors (Lipinski definition) is 0. The van der Waals surface area contributed by atoms with Crippen LogP contribution in [0.25, 0.3) is 0 Å². The second-order valence-corrected chi connectivity index (χ2v) is 4.28. The third kappa shape index (κ3) is 1.55. The molecule has 4 atom stereocenters. The van der Waals surface area contributed by atoms with Crippen molar-refractivity contribution < 1.29 is 17.6 Å². The lowest BCUT2D eigenvalue weighted by atomic mass is 9.85. The van der Waals surface area contributed by atoms with Gasteiger partial charge in [0, 0.05) is 5.92 Å². The molecule has 0 aromatic carbocycles. The maximum Gasteiger partial charge on any atom is 0.419 e. The first kappa shape index (κ1) is 9.28. The van der Waals surface area contributed by atoms with E-state index in [1.165, 1.54) is 0 Å². The molecule has 0 aromatic rings. The van der Waals surface area contributed by atoms with Crippen molar-refractivity contribution in [1.29, 1.82) is 0 Å². The molecule has 76 valence electrons. The lowest BCUT2D eigenvalue weighted by molar-refractivity contribution is -0.199. The number of rotatable bonds is 1. The van der Waals surface area contributed by atoms with Crippen molar-refractivity contribution in [3.8, 4) is 0 Å². The van der Waals surface area contributed by atoms with Crippen molar-refractivity contribution in [2.24, 2.45) is 17.8 Å². The molecule has 2 saturated carbocycles. The average molecular weight is 196 g/mol. The first-order chi connectivity index (χ1) is 5.98. The minimum Gasteiger partial charge on any atom is -0.237 e. The van der Waals surface area contributed by atoms with E-state index in [0.29, 0.717) is 12.3 Å². The summed E-state index contributed by atoms with van der Waals surface area (Å²) >= 11 is 0. The minimum absolute atomic E-state index is 0.00150. The van der Waals surface area contributed by atoms with Crippen LogP contribution in [-0.2, 0) is 0 Å². The molecular weight excluding hydrogens is 184 g/mol. The van der Waals surface area contributed by atoms with E-state index in [4.69, 9.17) is 0 Å². The molecule has 0 spiro atoms. The molecule has 4 unspecified atom stereocenters. The Balaban J connectivity index is 2.02. The Morgan fingerprint density at radius 2 is 1.77 bits per heavy atom. The normalized spacial score (nSPS) is 41.1. The molecular formula is C9H12F4. The molecule has 2 rings (SSSR count). The van der Waals surface area contributed by atoms with E-state index in [2.05, 4.69) is 0 Å². The zero-order valence-corrected chi connectivity index (χ0v) is 7.15. The maximum atomic E-state index is 12.9. The molecule has 4 heteroatoms. The Hall–Kier alpha value is -0.280. The zero-order chi connectivity index (χ0) is 9.64. The molecule has 0 heterocycles. The molecule has 2 bridgehead atoms. The largest absolute Gasteiger partial charge is 0.419 e. The summed E-state index contributed by atoms with van der Waals surface area (Å²) in [4.78, 5) is 0. The summed E-state index contributed by atoms with van der Waals surface area (Å²) in [6, 6.07) is 0. The van der Waals surface area contributed by atoms with E-state index >= 15 is 0 Å². The van der Waals surface area contributed by atoms with Gasteiger partial charge in [-0.15, -0.1) is 0 Å². The van der Waals surface area contributed by atoms with E-state index in [9.17, 15) is 17.6 Å². The fourth-order valence-corrected chi connectivity index (χ4v) is 2.90. The van der Waals surface area contributed by atoms with Crippen molar-refractivity contribution in [2.75, 3.05) is 0 Å². The van der Waals surface area contributed by atoms with Crippen molar-refractivity contribution in [3.05, 3.63) is 0 Å². The van der Waals surface area contributed by atoms with Crippen molar-refractivity contribution in [3.63, 3.8) is 0 Å². The van der Waals surface area contributed by atoms with Crippen molar-refractivity contribution in [1.82, 2.24) is 0 Å². The van der Waals surface area contributed by atoms with Crippen molar-refractivity contribution >= 4 is 0 Å². The Labute approximate surface area is 74.3 Å². The molecule has 0 nitrogen and oxygen atoms in total. The van der Waals surface area contributed by atoms with Crippen LogP contribution in [0.4, 0.5) is 17.6 Å². The van der Waals surface area contributed by atoms with Crippen LogP contribution in [-0.4, -0.2) is 12.3 Å². The van der Waals surface area contributed by atoms with Gasteiger partial charge in [-0.25, -0.2) is 4.39 Å². The molecule has 0 aliphatic heterocycles. The summed E-state index contributed by atoms with van der Waals surface area (Å²) in [6.07, 6.45) is -4.15. The predicted octanol–water partition coefficient (Wildman–Crippen LogP) is 3.32. The Kier molecular flexibility index (Phi) is 2.04. The van der Waals surface area contributed by atoms with Crippen LogP contribution in [0.2, 0.25) is 0 Å². The van der Waals surface area contributed by atoms with Crippen LogP contribution in [0.3, 0.4) is 0 Å². The molecule has 0 radical (unpaired) electrons. The van der Waals surface area contributed by atoms with Crippen molar-refractivity contribution in [2.45, 2.75) is 38.0 Å². The highest BCUT2D eigenvalue weighted by atomic mass is 19.4. The third-order valence-electron chi connectivity index (χ3n) is 3.48. The summed E-state index contributed by atoms with van der Waals surface area (Å²) in [6.45, 7) is 0. The highest BCUT2D eigenvalue weighted by Gasteiger charge is 2.52. The van der Waals surface area contributed by atoms with Crippen LogP contribution in [0.15, 0.2) is 0 Å². The second-order valence-electron chi connectivity index (χ2n) is 4.28. The maximum absolute atomic E-state index is 12.9. The summed E-state index contributed by atoms with van der Waals surface area (Å²) in [5.41, 5.74) is 0. The SMILES string of the molecule is FC(C1CC2CCC1C2)C(F)(F)F. The summed E-state index contributed by atoms with van der Waals surface area (Å²) in [5.74, 6) is -0.365. The fraction of sp³-hybridized carbons (Fsp3) is 1.00. The van der Waals surface area contributed by atoms with Gasteiger partial charge in [-0.05, 0) is 31.1 Å². The van der Waals surface area contributed by atoms with Gasteiger partial charge in [0.15, 0.2) is 6.17 Å². The van der Waals surface area contributed by atoms with Gasteiger partial charge < -0.3 is 0 Å². The quantitative estimate of drug-likeness (QED) is 0.564. The second kappa shape index (κ2) is 2.85. The van der Waals surface area contributed by atoms with Crippen LogP contribution in [0, 0.1) is 17.8 Å². The van der Waals surface area contributed by atoms with Crippen LogP contribution in [0.1, 0.15) is 25.7 Å². The Morgan fingerprint density at radius 1 is 1.08 bits per heavy atom. The van der Waals surface area contributed by atoms with Gasteiger partial charge in [-0.3, -0.25) is 0 Å². The van der Waals surface area contributed by atoms with Crippen LogP contribution in [0.5, 0.6) is 0 Å². The van der Waals surface area contributed by atoms with Crippen LogP contribution < -0.4 is 0 Å². The molecule has 13 heavy (non-hydrogen) atoms. The summed E-state index contributed by atoms with van der Waals surface area (Å²) in [5, 5.41) is 0.